The average Bonchev–Trinajstić information content (AvgIpc) is 2.46. The standard InChI is InChI=1S/C18H29BrO2Si/c1-15-9-11-18(2,3)12-10-16(20-4)7-8-17(13-15)21-22(5,6)14-19/h9-10,12,16-17H,11,13-14H2,1-6H3/b12-10+,15-9+. The van der Waals surface area contributed by atoms with E-state index in [1.807, 2.05) is 0 Å². The van der Waals surface area contributed by atoms with Crippen LogP contribution in [0.25, 0.3) is 0 Å². The molecule has 4 heteroatoms. The SMILES string of the molecule is COC1C#CC(O[Si](C)(C)CBr)C/C(C)=C/CC(C)(C)/C=C/1. The summed E-state index contributed by atoms with van der Waals surface area (Å²) in [5.41, 5.74) is 1.46. The Hall–Kier alpha value is -0.343. The van der Waals surface area contributed by atoms with E-state index >= 15 is 0 Å². The molecule has 0 amide bonds. The van der Waals surface area contributed by atoms with Crippen LogP contribution in [0, 0.1) is 17.3 Å². The van der Waals surface area contributed by atoms with Crippen LogP contribution in [0.15, 0.2) is 23.8 Å². The molecule has 22 heavy (non-hydrogen) atoms. The minimum absolute atomic E-state index is 0.0530. The van der Waals surface area contributed by atoms with E-state index in [1.165, 1.54) is 5.57 Å². The zero-order valence-electron chi connectivity index (χ0n) is 14.7. The third-order valence-corrected chi connectivity index (χ3v) is 9.25. The molecule has 0 N–H and O–H groups in total. The number of methoxy groups -OCH3 is 1. The molecular formula is C18H29BrO2Si. The first-order chi connectivity index (χ1) is 10.2. The molecule has 1 rings (SSSR count). The highest BCUT2D eigenvalue weighted by Crippen LogP contribution is 2.26. The first-order valence-electron chi connectivity index (χ1n) is 7.80. The van der Waals surface area contributed by atoms with Crippen LogP contribution in [0.2, 0.25) is 13.1 Å². The first kappa shape index (κ1) is 19.7. The molecule has 0 bridgehead atoms. The van der Waals surface area contributed by atoms with Crippen LogP contribution in [-0.2, 0) is 9.16 Å². The molecule has 0 saturated carbocycles. The first-order valence-corrected chi connectivity index (χ1v) is 12.0. The summed E-state index contributed by atoms with van der Waals surface area (Å²) >= 11 is 3.57. The van der Waals surface area contributed by atoms with Crippen molar-refractivity contribution >= 4 is 24.2 Å². The van der Waals surface area contributed by atoms with Crippen molar-refractivity contribution in [1.82, 2.24) is 0 Å². The molecule has 2 atom stereocenters. The van der Waals surface area contributed by atoms with E-state index in [2.05, 4.69) is 79.9 Å². The summed E-state index contributed by atoms with van der Waals surface area (Å²) in [5.74, 6) is 6.51. The van der Waals surface area contributed by atoms with Crippen molar-refractivity contribution in [3.8, 4) is 11.8 Å². The van der Waals surface area contributed by atoms with Crippen molar-refractivity contribution in [1.29, 1.82) is 0 Å². The third-order valence-electron chi connectivity index (χ3n) is 3.63. The van der Waals surface area contributed by atoms with Crippen molar-refractivity contribution in [2.24, 2.45) is 5.41 Å². The van der Waals surface area contributed by atoms with Crippen molar-refractivity contribution in [3.05, 3.63) is 23.8 Å². The van der Waals surface area contributed by atoms with Crippen LogP contribution in [-0.4, -0.2) is 32.6 Å². The zero-order chi connectivity index (χ0) is 16.8. The van der Waals surface area contributed by atoms with Crippen LogP contribution in [0.4, 0.5) is 0 Å². The van der Waals surface area contributed by atoms with Gasteiger partial charge in [0, 0.05) is 18.5 Å². The molecule has 0 aromatic carbocycles. The summed E-state index contributed by atoms with van der Waals surface area (Å²) in [7, 11) is -0.00588. The van der Waals surface area contributed by atoms with Gasteiger partial charge in [0.1, 0.15) is 12.2 Å². The largest absolute Gasteiger partial charge is 0.403 e. The van der Waals surface area contributed by atoms with Gasteiger partial charge < -0.3 is 9.16 Å². The smallest absolute Gasteiger partial charge is 0.198 e. The molecule has 0 saturated heterocycles. The van der Waals surface area contributed by atoms with Gasteiger partial charge in [-0.1, -0.05) is 59.3 Å². The van der Waals surface area contributed by atoms with E-state index in [4.69, 9.17) is 9.16 Å². The maximum absolute atomic E-state index is 6.31. The maximum atomic E-state index is 6.31. The van der Waals surface area contributed by atoms with Gasteiger partial charge in [0.05, 0.1) is 0 Å². The second kappa shape index (κ2) is 8.49. The lowest BCUT2D eigenvalue weighted by Crippen LogP contribution is -2.37. The Kier molecular flexibility index (Phi) is 7.61. The van der Waals surface area contributed by atoms with E-state index in [1.54, 1.807) is 7.11 Å². The molecule has 2 unspecified atom stereocenters. The Morgan fingerprint density at radius 1 is 1.36 bits per heavy atom. The molecular weight excluding hydrogens is 356 g/mol. The van der Waals surface area contributed by atoms with Crippen LogP contribution >= 0.6 is 15.9 Å². The fourth-order valence-electron chi connectivity index (χ4n) is 2.13. The zero-order valence-corrected chi connectivity index (χ0v) is 17.3. The molecule has 0 aromatic heterocycles. The molecule has 1 aliphatic rings. The van der Waals surface area contributed by atoms with Gasteiger partial charge in [-0.3, -0.25) is 0 Å². The minimum atomic E-state index is -1.71. The Morgan fingerprint density at radius 2 is 2.05 bits per heavy atom. The monoisotopic (exact) mass is 384 g/mol. The van der Waals surface area contributed by atoms with Crippen LogP contribution in [0.3, 0.4) is 0 Å². The number of allylic oxidation sites excluding steroid dienone is 2. The van der Waals surface area contributed by atoms with Gasteiger partial charge >= 0.3 is 0 Å². The third kappa shape index (κ3) is 7.28. The van der Waals surface area contributed by atoms with E-state index in [0.29, 0.717) is 0 Å². The Labute approximate surface area is 145 Å². The highest BCUT2D eigenvalue weighted by atomic mass is 79.9. The van der Waals surface area contributed by atoms with Gasteiger partial charge in [0.25, 0.3) is 0 Å². The number of ether oxygens (including phenoxy) is 1. The molecule has 0 spiro atoms. The molecule has 0 fully saturated rings. The summed E-state index contributed by atoms with van der Waals surface area (Å²) < 4.78 is 11.8. The van der Waals surface area contributed by atoms with Gasteiger partial charge in [-0.05, 0) is 37.9 Å². The molecule has 0 heterocycles. The summed E-state index contributed by atoms with van der Waals surface area (Å²) in [5, 5.41) is 0. The highest BCUT2D eigenvalue weighted by Gasteiger charge is 2.25. The quantitative estimate of drug-likeness (QED) is 0.298. The van der Waals surface area contributed by atoms with Crippen molar-refractivity contribution in [3.63, 3.8) is 0 Å². The predicted octanol–water partition coefficient (Wildman–Crippen LogP) is 4.85. The summed E-state index contributed by atoms with van der Waals surface area (Å²) in [6, 6.07) is 0. The van der Waals surface area contributed by atoms with Gasteiger partial charge in [0.15, 0.2) is 8.32 Å². The second-order valence-corrected chi connectivity index (χ2v) is 13.0. The Balaban J connectivity index is 3.04. The topological polar surface area (TPSA) is 18.5 Å². The van der Waals surface area contributed by atoms with Gasteiger partial charge in [-0.2, -0.15) is 0 Å². The van der Waals surface area contributed by atoms with Gasteiger partial charge in [-0.25, -0.2) is 0 Å². The molecule has 0 aliphatic heterocycles. The van der Waals surface area contributed by atoms with Crippen LogP contribution in [0.1, 0.15) is 33.6 Å². The summed E-state index contributed by atoms with van der Waals surface area (Å²) in [4.78, 5) is 0.918. The lowest BCUT2D eigenvalue weighted by molar-refractivity contribution is 0.182. The van der Waals surface area contributed by atoms with Gasteiger partial charge in [0.2, 0.25) is 0 Å². The maximum Gasteiger partial charge on any atom is 0.198 e. The van der Waals surface area contributed by atoms with Crippen LogP contribution < -0.4 is 0 Å². The fourth-order valence-corrected chi connectivity index (χ4v) is 3.50. The molecule has 0 aromatic rings. The Bertz CT molecular complexity index is 483. The number of hydrogen-bond acceptors (Lipinski definition) is 2. The molecule has 1 aliphatic carbocycles. The Morgan fingerprint density at radius 3 is 2.64 bits per heavy atom. The number of halogens is 1. The number of hydrogen-bond donors (Lipinski definition) is 0. The molecule has 124 valence electrons. The average molecular weight is 385 g/mol. The normalized spacial score (nSPS) is 29.5. The molecule has 2 nitrogen and oxygen atoms in total. The van der Waals surface area contributed by atoms with E-state index < -0.39 is 8.32 Å². The van der Waals surface area contributed by atoms with Gasteiger partial charge in [-0.15, -0.1) is 0 Å². The number of rotatable bonds is 4. The lowest BCUT2D eigenvalue weighted by atomic mass is 9.87. The lowest BCUT2D eigenvalue weighted by Gasteiger charge is -2.25. The van der Waals surface area contributed by atoms with Crippen molar-refractivity contribution in [2.75, 3.05) is 12.1 Å². The van der Waals surface area contributed by atoms with Crippen LogP contribution in [0.5, 0.6) is 0 Å². The molecule has 0 radical (unpaired) electrons. The van der Waals surface area contributed by atoms with Crippen molar-refractivity contribution in [2.45, 2.75) is 58.9 Å². The second-order valence-electron chi connectivity index (χ2n) is 7.25. The van der Waals surface area contributed by atoms with E-state index in [9.17, 15) is 0 Å². The van der Waals surface area contributed by atoms with Crippen molar-refractivity contribution < 1.29 is 9.16 Å². The summed E-state index contributed by atoms with van der Waals surface area (Å²) in [6.07, 6.45) is 8.24. The van der Waals surface area contributed by atoms with E-state index in [0.717, 1.165) is 17.8 Å². The number of alkyl halides is 1. The predicted molar refractivity (Wildman–Crippen MR) is 101 cm³/mol. The summed E-state index contributed by atoms with van der Waals surface area (Å²) in [6.45, 7) is 11.1. The minimum Gasteiger partial charge on any atom is -0.403 e. The highest BCUT2D eigenvalue weighted by molar-refractivity contribution is 9.09. The fraction of sp³-hybridized carbons (Fsp3) is 0.667. The van der Waals surface area contributed by atoms with E-state index in [-0.39, 0.29) is 17.6 Å².